The molecule has 0 saturated heterocycles. The summed E-state index contributed by atoms with van der Waals surface area (Å²) in [4.78, 5) is 12.3. The molecule has 0 aromatic carbocycles. The van der Waals surface area contributed by atoms with Gasteiger partial charge in [0.25, 0.3) is 0 Å². The Morgan fingerprint density at radius 1 is 1.38 bits per heavy atom. The van der Waals surface area contributed by atoms with E-state index in [1.54, 1.807) is 0 Å². The lowest BCUT2D eigenvalue weighted by molar-refractivity contribution is -0.122. The summed E-state index contributed by atoms with van der Waals surface area (Å²) in [5.41, 5.74) is 0. The maximum atomic E-state index is 12.3. The Kier molecular flexibility index (Phi) is 5.14. The lowest BCUT2D eigenvalue weighted by atomic mass is 10.0. The van der Waals surface area contributed by atoms with Crippen molar-refractivity contribution in [3.63, 3.8) is 0 Å². The van der Waals surface area contributed by atoms with E-state index in [1.807, 2.05) is 0 Å². The lowest BCUT2D eigenvalue weighted by Gasteiger charge is -2.21. The van der Waals surface area contributed by atoms with Crippen LogP contribution in [0.2, 0.25) is 0 Å². The maximum absolute atomic E-state index is 12.3. The van der Waals surface area contributed by atoms with Gasteiger partial charge in [-0.25, -0.2) is 4.68 Å². The largest absolute Gasteiger partial charge is 0.344 e. The summed E-state index contributed by atoms with van der Waals surface area (Å²) in [5, 5.41) is 25.9. The van der Waals surface area contributed by atoms with Crippen molar-refractivity contribution in [1.82, 2.24) is 45.6 Å². The third-order valence-electron chi connectivity index (χ3n) is 3.94. The van der Waals surface area contributed by atoms with Crippen LogP contribution in [0.5, 0.6) is 0 Å². The molecule has 1 amide bonds. The van der Waals surface area contributed by atoms with Crippen LogP contribution in [-0.2, 0) is 24.3 Å². The third-order valence-corrected chi connectivity index (χ3v) is 3.94. The molecule has 0 bridgehead atoms. The van der Waals surface area contributed by atoms with E-state index in [0.717, 1.165) is 44.1 Å². The first kappa shape index (κ1) is 16.5. The molecule has 10 nitrogen and oxygen atoms in total. The van der Waals surface area contributed by atoms with Crippen molar-refractivity contribution >= 4 is 5.91 Å². The highest BCUT2D eigenvalue weighted by Crippen LogP contribution is 2.21. The summed E-state index contributed by atoms with van der Waals surface area (Å²) in [5.74, 6) is 2.07. The van der Waals surface area contributed by atoms with Gasteiger partial charge in [0.1, 0.15) is 18.7 Å². The molecule has 0 aliphatic carbocycles. The molecule has 3 rings (SSSR count). The summed E-state index contributed by atoms with van der Waals surface area (Å²) >= 11 is 0. The number of rotatable bonds is 6. The number of amides is 1. The molecule has 2 aromatic heterocycles. The van der Waals surface area contributed by atoms with Crippen LogP contribution in [-0.4, -0.2) is 54.0 Å². The van der Waals surface area contributed by atoms with E-state index >= 15 is 0 Å². The topological polar surface area (TPSA) is 115 Å². The monoisotopic (exact) mass is 333 g/mol. The van der Waals surface area contributed by atoms with Gasteiger partial charge in [0.15, 0.2) is 5.82 Å². The van der Waals surface area contributed by atoms with Crippen molar-refractivity contribution < 1.29 is 4.79 Å². The van der Waals surface area contributed by atoms with Gasteiger partial charge in [0, 0.05) is 26.1 Å². The number of nitrogens with one attached hydrogen (secondary N) is 2. The molecule has 130 valence electrons. The lowest BCUT2D eigenvalue weighted by Crippen LogP contribution is -2.34. The quantitative estimate of drug-likeness (QED) is 0.719. The Morgan fingerprint density at radius 2 is 2.25 bits per heavy atom. The molecule has 0 saturated carbocycles. The zero-order valence-electron chi connectivity index (χ0n) is 14.0. The fourth-order valence-electron chi connectivity index (χ4n) is 2.89. The van der Waals surface area contributed by atoms with Gasteiger partial charge < -0.3 is 15.2 Å². The Hall–Kier alpha value is -2.36. The molecule has 1 aliphatic rings. The number of tetrazole rings is 1. The van der Waals surface area contributed by atoms with Crippen LogP contribution in [0.3, 0.4) is 0 Å². The first-order valence-corrected chi connectivity index (χ1v) is 8.26. The average molecular weight is 333 g/mol. The van der Waals surface area contributed by atoms with Crippen molar-refractivity contribution in [3.05, 3.63) is 18.0 Å². The van der Waals surface area contributed by atoms with Crippen LogP contribution >= 0.6 is 0 Å². The number of nitrogens with zero attached hydrogens (tertiary/aromatic N) is 7. The Balaban J connectivity index is 1.76. The Labute approximate surface area is 140 Å². The highest BCUT2D eigenvalue weighted by atomic mass is 16.2. The summed E-state index contributed by atoms with van der Waals surface area (Å²) in [6.45, 7) is 6.94. The van der Waals surface area contributed by atoms with Gasteiger partial charge in [-0.15, -0.1) is 15.3 Å². The fourth-order valence-corrected chi connectivity index (χ4v) is 2.89. The molecular formula is C14H23N9O. The first-order chi connectivity index (χ1) is 11.6. The van der Waals surface area contributed by atoms with E-state index < -0.39 is 0 Å². The summed E-state index contributed by atoms with van der Waals surface area (Å²) < 4.78 is 3.53. The summed E-state index contributed by atoms with van der Waals surface area (Å²) in [7, 11) is 0. The molecule has 2 N–H and O–H groups in total. The zero-order chi connectivity index (χ0) is 16.9. The zero-order valence-corrected chi connectivity index (χ0v) is 14.0. The second kappa shape index (κ2) is 7.47. The minimum absolute atomic E-state index is 0.0874. The van der Waals surface area contributed by atoms with Gasteiger partial charge in [0.05, 0.1) is 6.04 Å². The van der Waals surface area contributed by atoms with Gasteiger partial charge in [-0.2, -0.15) is 0 Å². The van der Waals surface area contributed by atoms with Crippen molar-refractivity contribution in [3.8, 4) is 0 Å². The number of hydrogen-bond acceptors (Lipinski definition) is 7. The second-order valence-electron chi connectivity index (χ2n) is 6.38. The molecule has 2 aromatic rings. The number of fused-ring (bicyclic) bond motifs is 1. The van der Waals surface area contributed by atoms with E-state index in [9.17, 15) is 4.79 Å². The molecule has 0 fully saturated rings. The minimum atomic E-state index is -0.173. The van der Waals surface area contributed by atoms with E-state index in [2.05, 4.69) is 54.8 Å². The fraction of sp³-hybridized carbons (Fsp3) is 0.714. The van der Waals surface area contributed by atoms with Crippen molar-refractivity contribution in [2.75, 3.05) is 13.1 Å². The SMILES string of the molecule is CC(C)C[C@H](NC(=O)Cn1cnnn1)c1nnc2n1CCNCC2. The van der Waals surface area contributed by atoms with Crippen LogP contribution in [0.4, 0.5) is 0 Å². The van der Waals surface area contributed by atoms with E-state index in [-0.39, 0.29) is 18.5 Å². The standard InChI is InChI=1S/C14H23N9O/c1-10(2)7-11(17-13(24)8-22-9-16-20-21-22)14-19-18-12-3-4-15-5-6-23(12)14/h9-11,15H,3-8H2,1-2H3,(H,17,24)/t11-/m0/s1. The van der Waals surface area contributed by atoms with Crippen LogP contribution in [0, 0.1) is 5.92 Å². The highest BCUT2D eigenvalue weighted by molar-refractivity contribution is 5.76. The molecule has 0 radical (unpaired) electrons. The molecular weight excluding hydrogens is 310 g/mol. The molecule has 0 spiro atoms. The molecule has 24 heavy (non-hydrogen) atoms. The van der Waals surface area contributed by atoms with Crippen LogP contribution in [0.1, 0.15) is 38.0 Å². The maximum Gasteiger partial charge on any atom is 0.242 e. The van der Waals surface area contributed by atoms with E-state index in [4.69, 9.17) is 0 Å². The predicted octanol–water partition coefficient (Wildman–Crippen LogP) is -0.686. The second-order valence-corrected chi connectivity index (χ2v) is 6.38. The van der Waals surface area contributed by atoms with Crippen molar-refractivity contribution in [2.24, 2.45) is 5.92 Å². The number of aromatic nitrogens is 7. The number of carbonyl (C=O) groups is 1. The predicted molar refractivity (Wildman–Crippen MR) is 84.8 cm³/mol. The average Bonchev–Trinajstić information content (AvgIpc) is 3.11. The molecule has 1 atom stereocenters. The molecule has 3 heterocycles. The van der Waals surface area contributed by atoms with Gasteiger partial charge in [-0.1, -0.05) is 13.8 Å². The van der Waals surface area contributed by atoms with Crippen molar-refractivity contribution in [2.45, 2.75) is 45.8 Å². The van der Waals surface area contributed by atoms with Crippen molar-refractivity contribution in [1.29, 1.82) is 0 Å². The smallest absolute Gasteiger partial charge is 0.242 e. The van der Waals surface area contributed by atoms with Gasteiger partial charge in [-0.3, -0.25) is 4.79 Å². The molecule has 0 unspecified atom stereocenters. The highest BCUT2D eigenvalue weighted by Gasteiger charge is 2.24. The van der Waals surface area contributed by atoms with Crippen LogP contribution < -0.4 is 10.6 Å². The van der Waals surface area contributed by atoms with Gasteiger partial charge >= 0.3 is 0 Å². The summed E-state index contributed by atoms with van der Waals surface area (Å²) in [6, 6.07) is -0.173. The molecule has 1 aliphatic heterocycles. The Bertz CT molecular complexity index is 664. The van der Waals surface area contributed by atoms with Crippen LogP contribution in [0.15, 0.2) is 6.33 Å². The van der Waals surface area contributed by atoms with E-state index in [1.165, 1.54) is 11.0 Å². The number of carbonyl (C=O) groups excluding carboxylic acids is 1. The first-order valence-electron chi connectivity index (χ1n) is 8.26. The third kappa shape index (κ3) is 3.94. The van der Waals surface area contributed by atoms with Crippen LogP contribution in [0.25, 0.3) is 0 Å². The Morgan fingerprint density at radius 3 is 3.00 bits per heavy atom. The van der Waals surface area contributed by atoms with Gasteiger partial charge in [-0.05, 0) is 22.8 Å². The molecule has 10 heteroatoms. The van der Waals surface area contributed by atoms with Gasteiger partial charge in [0.2, 0.25) is 5.91 Å². The summed E-state index contributed by atoms with van der Waals surface area (Å²) in [6.07, 6.45) is 3.07. The number of hydrogen-bond donors (Lipinski definition) is 2. The van der Waals surface area contributed by atoms with E-state index in [0.29, 0.717) is 5.92 Å². The normalized spacial score (nSPS) is 15.8. The minimum Gasteiger partial charge on any atom is -0.344 e.